The van der Waals surface area contributed by atoms with Gasteiger partial charge in [0.1, 0.15) is 5.75 Å². The molecule has 3 rings (SSSR count). The van der Waals surface area contributed by atoms with Crippen LogP contribution in [0.25, 0.3) is 0 Å². The molecule has 0 bridgehead atoms. The molecule has 23 heavy (non-hydrogen) atoms. The summed E-state index contributed by atoms with van der Waals surface area (Å²) in [5, 5.41) is 5.82. The molecular weight excluding hydrogens is 318 g/mol. The van der Waals surface area contributed by atoms with E-state index in [-0.39, 0.29) is 23.4 Å². The van der Waals surface area contributed by atoms with Crippen LogP contribution in [0.1, 0.15) is 25.7 Å². The van der Waals surface area contributed by atoms with Crippen molar-refractivity contribution in [2.24, 2.45) is 0 Å². The van der Waals surface area contributed by atoms with Gasteiger partial charge in [-0.25, -0.2) is 13.1 Å². The maximum absolute atomic E-state index is 12.3. The Morgan fingerprint density at radius 1 is 1.22 bits per heavy atom. The molecule has 1 amide bonds. The molecule has 7 nitrogen and oxygen atoms in total. The van der Waals surface area contributed by atoms with Crippen molar-refractivity contribution in [3.05, 3.63) is 18.2 Å². The van der Waals surface area contributed by atoms with Gasteiger partial charge in [-0.05, 0) is 43.9 Å². The van der Waals surface area contributed by atoms with Gasteiger partial charge in [-0.1, -0.05) is 0 Å². The number of nitrogens with one attached hydrogen (secondary N) is 3. The monoisotopic (exact) mass is 339 g/mol. The highest BCUT2D eigenvalue weighted by molar-refractivity contribution is 7.89. The Hall–Kier alpha value is -1.80. The number of carbonyl (C=O) groups is 1. The SMILES string of the molecule is COc1ccc(S(=O)(=O)NC2CC2)cc1NCC(=O)NC1CC1. The van der Waals surface area contributed by atoms with E-state index in [4.69, 9.17) is 4.74 Å². The van der Waals surface area contributed by atoms with E-state index in [2.05, 4.69) is 15.4 Å². The predicted octanol–water partition coefficient (Wildman–Crippen LogP) is 0.826. The number of sulfonamides is 1. The van der Waals surface area contributed by atoms with Gasteiger partial charge in [0.15, 0.2) is 0 Å². The summed E-state index contributed by atoms with van der Waals surface area (Å²) in [4.78, 5) is 11.9. The number of benzene rings is 1. The van der Waals surface area contributed by atoms with Crippen molar-refractivity contribution in [3.63, 3.8) is 0 Å². The third-order valence-corrected chi connectivity index (χ3v) is 5.28. The van der Waals surface area contributed by atoms with E-state index in [1.54, 1.807) is 6.07 Å². The number of carbonyl (C=O) groups excluding carboxylic acids is 1. The predicted molar refractivity (Wildman–Crippen MR) is 86.0 cm³/mol. The molecule has 2 aliphatic rings. The lowest BCUT2D eigenvalue weighted by atomic mass is 10.3. The highest BCUT2D eigenvalue weighted by Gasteiger charge is 2.28. The van der Waals surface area contributed by atoms with E-state index in [0.29, 0.717) is 17.5 Å². The van der Waals surface area contributed by atoms with Gasteiger partial charge in [0.2, 0.25) is 15.9 Å². The topological polar surface area (TPSA) is 96.5 Å². The average molecular weight is 339 g/mol. The molecule has 2 saturated carbocycles. The Bertz CT molecular complexity index is 697. The number of hydrogen-bond acceptors (Lipinski definition) is 5. The molecule has 0 aromatic heterocycles. The molecule has 2 fully saturated rings. The third kappa shape index (κ3) is 4.35. The third-order valence-electron chi connectivity index (χ3n) is 3.76. The van der Waals surface area contributed by atoms with Gasteiger partial charge in [0.05, 0.1) is 24.2 Å². The molecule has 0 spiro atoms. The summed E-state index contributed by atoms with van der Waals surface area (Å²) in [5.74, 6) is 0.383. The normalized spacial score (nSPS) is 17.6. The van der Waals surface area contributed by atoms with Gasteiger partial charge in [0.25, 0.3) is 0 Å². The van der Waals surface area contributed by atoms with Crippen LogP contribution in [0.4, 0.5) is 5.69 Å². The first-order valence-electron chi connectivity index (χ1n) is 7.71. The molecule has 0 radical (unpaired) electrons. The molecule has 1 aromatic carbocycles. The number of hydrogen-bond donors (Lipinski definition) is 3. The van der Waals surface area contributed by atoms with Crippen LogP contribution in [0.2, 0.25) is 0 Å². The van der Waals surface area contributed by atoms with Gasteiger partial charge in [-0.3, -0.25) is 4.79 Å². The van der Waals surface area contributed by atoms with Crippen LogP contribution < -0.4 is 20.1 Å². The van der Waals surface area contributed by atoms with Gasteiger partial charge < -0.3 is 15.4 Å². The molecule has 3 N–H and O–H groups in total. The molecule has 126 valence electrons. The van der Waals surface area contributed by atoms with E-state index >= 15 is 0 Å². The second-order valence-corrected chi connectivity index (χ2v) is 7.67. The standard InChI is InChI=1S/C15H21N3O4S/c1-22-14-7-6-12(23(20,21)18-11-4-5-11)8-13(14)16-9-15(19)17-10-2-3-10/h6-8,10-11,16,18H,2-5,9H2,1H3,(H,17,19). The zero-order valence-electron chi connectivity index (χ0n) is 13.0. The first kappa shape index (κ1) is 16.1. The van der Waals surface area contributed by atoms with Crippen LogP contribution in [-0.4, -0.2) is 40.1 Å². The molecular formula is C15H21N3O4S. The van der Waals surface area contributed by atoms with Crippen LogP contribution in [0.5, 0.6) is 5.75 Å². The number of ether oxygens (including phenoxy) is 1. The quantitative estimate of drug-likeness (QED) is 0.652. The molecule has 0 atom stereocenters. The number of rotatable bonds is 8. The van der Waals surface area contributed by atoms with Gasteiger partial charge in [-0.15, -0.1) is 0 Å². The fraction of sp³-hybridized carbons (Fsp3) is 0.533. The first-order chi connectivity index (χ1) is 11.0. The number of anilines is 1. The van der Waals surface area contributed by atoms with Crippen LogP contribution in [-0.2, 0) is 14.8 Å². The maximum Gasteiger partial charge on any atom is 0.240 e. The van der Waals surface area contributed by atoms with Crippen LogP contribution in [0.15, 0.2) is 23.1 Å². The largest absolute Gasteiger partial charge is 0.495 e. The number of amides is 1. The summed E-state index contributed by atoms with van der Waals surface area (Å²) >= 11 is 0. The minimum atomic E-state index is -3.54. The number of methoxy groups -OCH3 is 1. The zero-order chi connectivity index (χ0) is 16.4. The van der Waals surface area contributed by atoms with Crippen molar-refractivity contribution < 1.29 is 17.9 Å². The highest BCUT2D eigenvalue weighted by Crippen LogP contribution is 2.29. The van der Waals surface area contributed by atoms with Crippen molar-refractivity contribution in [2.75, 3.05) is 19.0 Å². The lowest BCUT2D eigenvalue weighted by Crippen LogP contribution is -2.31. The van der Waals surface area contributed by atoms with E-state index < -0.39 is 10.0 Å². The second kappa shape index (κ2) is 6.37. The fourth-order valence-corrected chi connectivity index (χ4v) is 3.49. The molecule has 2 aliphatic carbocycles. The van der Waals surface area contributed by atoms with Crippen molar-refractivity contribution in [1.82, 2.24) is 10.0 Å². The zero-order valence-corrected chi connectivity index (χ0v) is 13.8. The second-order valence-electron chi connectivity index (χ2n) is 5.95. The van der Waals surface area contributed by atoms with E-state index in [1.807, 2.05) is 0 Å². The van der Waals surface area contributed by atoms with Gasteiger partial charge in [0, 0.05) is 12.1 Å². The van der Waals surface area contributed by atoms with Crippen LogP contribution in [0.3, 0.4) is 0 Å². The first-order valence-corrected chi connectivity index (χ1v) is 9.20. The van der Waals surface area contributed by atoms with Crippen LogP contribution >= 0.6 is 0 Å². The van der Waals surface area contributed by atoms with E-state index in [9.17, 15) is 13.2 Å². The van der Waals surface area contributed by atoms with Crippen molar-refractivity contribution in [3.8, 4) is 5.75 Å². The Balaban J connectivity index is 1.71. The van der Waals surface area contributed by atoms with Gasteiger partial charge in [-0.2, -0.15) is 0 Å². The molecule has 8 heteroatoms. The van der Waals surface area contributed by atoms with Crippen molar-refractivity contribution in [2.45, 2.75) is 42.7 Å². The molecule has 0 heterocycles. The minimum absolute atomic E-state index is 0.0443. The maximum atomic E-state index is 12.3. The summed E-state index contributed by atoms with van der Waals surface area (Å²) in [7, 11) is -2.04. The molecule has 0 saturated heterocycles. The molecule has 0 aliphatic heterocycles. The average Bonchev–Trinajstić information content (AvgIpc) is 3.42. The van der Waals surface area contributed by atoms with Crippen LogP contribution in [0, 0.1) is 0 Å². The summed E-state index contributed by atoms with van der Waals surface area (Å²) in [6.07, 6.45) is 3.80. The summed E-state index contributed by atoms with van der Waals surface area (Å²) in [6, 6.07) is 4.92. The summed E-state index contributed by atoms with van der Waals surface area (Å²) in [6.45, 7) is 0.0758. The Labute approximate surface area is 135 Å². The molecule has 1 aromatic rings. The lowest BCUT2D eigenvalue weighted by Gasteiger charge is -2.13. The van der Waals surface area contributed by atoms with Gasteiger partial charge >= 0.3 is 0 Å². The highest BCUT2D eigenvalue weighted by atomic mass is 32.2. The van der Waals surface area contributed by atoms with E-state index in [0.717, 1.165) is 25.7 Å². The smallest absolute Gasteiger partial charge is 0.240 e. The summed E-state index contributed by atoms with van der Waals surface area (Å²) in [5.41, 5.74) is 0.483. The van der Waals surface area contributed by atoms with Crippen molar-refractivity contribution >= 4 is 21.6 Å². The summed E-state index contributed by atoms with van der Waals surface area (Å²) < 4.78 is 32.4. The lowest BCUT2D eigenvalue weighted by molar-refractivity contribution is -0.119. The Morgan fingerprint density at radius 2 is 1.91 bits per heavy atom. The fourth-order valence-electron chi connectivity index (χ4n) is 2.16. The Morgan fingerprint density at radius 3 is 2.52 bits per heavy atom. The van der Waals surface area contributed by atoms with Crippen molar-refractivity contribution in [1.29, 1.82) is 0 Å². The minimum Gasteiger partial charge on any atom is -0.495 e. The molecule has 0 unspecified atom stereocenters. The van der Waals surface area contributed by atoms with E-state index in [1.165, 1.54) is 19.2 Å². The Kier molecular flexibility index (Phi) is 4.45.